The average Bonchev–Trinajstić information content (AvgIpc) is 3.00. The fourth-order valence-corrected chi connectivity index (χ4v) is 3.11. The second-order valence-corrected chi connectivity index (χ2v) is 6.61. The lowest BCUT2D eigenvalue weighted by molar-refractivity contribution is 0.0734. The maximum atomic E-state index is 12.7. The van der Waals surface area contributed by atoms with E-state index in [1.54, 1.807) is 43.3 Å². The van der Waals surface area contributed by atoms with Crippen LogP contribution in [0.4, 0.5) is 0 Å². The van der Waals surface area contributed by atoms with Crippen molar-refractivity contribution < 1.29 is 19.1 Å². The number of aryl methyl sites for hydroxylation is 1. The van der Waals surface area contributed by atoms with Crippen LogP contribution >= 0.6 is 11.6 Å². The molecule has 0 spiro atoms. The van der Waals surface area contributed by atoms with Gasteiger partial charge in [-0.05, 0) is 48.4 Å². The SMILES string of the molecule is Cc1cc(OC(=O)c2ccncc2)cc2c1C(=O)/C(=C/c1ccccc1Cl)O2. The highest BCUT2D eigenvalue weighted by atomic mass is 35.5. The van der Waals surface area contributed by atoms with E-state index < -0.39 is 5.97 Å². The van der Waals surface area contributed by atoms with Crippen LogP contribution in [0.2, 0.25) is 5.02 Å². The standard InChI is InChI=1S/C22H14ClNO4/c1-13-10-16(27-22(26)14-6-8-24-9-7-14)12-18-20(13)21(25)19(28-18)11-15-4-2-3-5-17(15)23/h2-12H,1H3/b19-11-. The molecule has 1 aliphatic heterocycles. The highest BCUT2D eigenvalue weighted by Gasteiger charge is 2.30. The Morgan fingerprint density at radius 2 is 1.89 bits per heavy atom. The number of Topliss-reactive ketones (excluding diaryl/α,β-unsaturated/α-hetero) is 1. The van der Waals surface area contributed by atoms with Gasteiger partial charge in [0.05, 0.1) is 11.1 Å². The molecular weight excluding hydrogens is 378 g/mol. The summed E-state index contributed by atoms with van der Waals surface area (Å²) in [5.74, 6) is 0.0619. The number of ether oxygens (including phenoxy) is 2. The number of hydrogen-bond acceptors (Lipinski definition) is 5. The molecule has 1 aromatic heterocycles. The number of ketones is 1. The number of esters is 1. The van der Waals surface area contributed by atoms with E-state index in [9.17, 15) is 9.59 Å². The van der Waals surface area contributed by atoms with E-state index in [1.807, 2.05) is 12.1 Å². The van der Waals surface area contributed by atoms with E-state index in [2.05, 4.69) is 4.98 Å². The molecule has 138 valence electrons. The quantitative estimate of drug-likeness (QED) is 0.361. The predicted octanol–water partition coefficient (Wildman–Crippen LogP) is 4.88. The third-order valence-corrected chi connectivity index (χ3v) is 4.61. The Morgan fingerprint density at radius 1 is 1.14 bits per heavy atom. The van der Waals surface area contributed by atoms with Gasteiger partial charge in [-0.25, -0.2) is 4.79 Å². The van der Waals surface area contributed by atoms with Crippen LogP contribution in [-0.4, -0.2) is 16.7 Å². The van der Waals surface area contributed by atoms with Crippen LogP contribution in [0.25, 0.3) is 6.08 Å². The van der Waals surface area contributed by atoms with Gasteiger partial charge in [-0.1, -0.05) is 29.8 Å². The molecule has 0 saturated heterocycles. The van der Waals surface area contributed by atoms with Crippen molar-refractivity contribution in [2.75, 3.05) is 0 Å². The van der Waals surface area contributed by atoms with Crippen molar-refractivity contribution in [3.8, 4) is 11.5 Å². The van der Waals surface area contributed by atoms with Gasteiger partial charge in [-0.2, -0.15) is 0 Å². The summed E-state index contributed by atoms with van der Waals surface area (Å²) in [4.78, 5) is 28.9. The number of carbonyl (C=O) groups is 2. The number of fused-ring (bicyclic) bond motifs is 1. The third-order valence-electron chi connectivity index (χ3n) is 4.26. The number of allylic oxidation sites excluding steroid dienone is 1. The molecule has 0 amide bonds. The summed E-state index contributed by atoms with van der Waals surface area (Å²) in [7, 11) is 0. The van der Waals surface area contributed by atoms with E-state index in [0.717, 1.165) is 0 Å². The van der Waals surface area contributed by atoms with Crippen molar-refractivity contribution in [3.63, 3.8) is 0 Å². The van der Waals surface area contributed by atoms with Crippen molar-refractivity contribution >= 4 is 29.4 Å². The summed E-state index contributed by atoms with van der Waals surface area (Å²) in [6, 6.07) is 13.5. The lowest BCUT2D eigenvalue weighted by Crippen LogP contribution is -2.08. The molecular formula is C22H14ClNO4. The Morgan fingerprint density at radius 3 is 2.64 bits per heavy atom. The molecule has 3 aromatic rings. The summed E-state index contributed by atoms with van der Waals surface area (Å²) >= 11 is 6.16. The zero-order valence-electron chi connectivity index (χ0n) is 14.8. The summed E-state index contributed by atoms with van der Waals surface area (Å²) in [5, 5.41) is 0.519. The van der Waals surface area contributed by atoms with Gasteiger partial charge in [-0.3, -0.25) is 9.78 Å². The maximum Gasteiger partial charge on any atom is 0.343 e. The van der Waals surface area contributed by atoms with Crippen molar-refractivity contribution in [1.29, 1.82) is 0 Å². The molecule has 0 bridgehead atoms. The van der Waals surface area contributed by atoms with Gasteiger partial charge >= 0.3 is 5.97 Å². The second kappa shape index (κ2) is 7.29. The normalized spacial score (nSPS) is 13.9. The van der Waals surface area contributed by atoms with Gasteiger partial charge in [0.15, 0.2) is 5.76 Å². The van der Waals surface area contributed by atoms with Crippen molar-refractivity contribution in [1.82, 2.24) is 4.98 Å². The van der Waals surface area contributed by atoms with Crippen LogP contribution in [-0.2, 0) is 0 Å². The summed E-state index contributed by atoms with van der Waals surface area (Å²) in [5.41, 5.74) is 2.16. The molecule has 0 unspecified atom stereocenters. The topological polar surface area (TPSA) is 65.5 Å². The molecule has 0 fully saturated rings. The van der Waals surface area contributed by atoms with Gasteiger partial charge in [0.25, 0.3) is 0 Å². The van der Waals surface area contributed by atoms with E-state index in [-0.39, 0.29) is 11.5 Å². The minimum Gasteiger partial charge on any atom is -0.452 e. The minimum absolute atomic E-state index is 0.170. The first-order valence-electron chi connectivity index (χ1n) is 8.48. The van der Waals surface area contributed by atoms with Crippen LogP contribution in [0.15, 0.2) is 66.7 Å². The molecule has 28 heavy (non-hydrogen) atoms. The van der Waals surface area contributed by atoms with Gasteiger partial charge in [-0.15, -0.1) is 0 Å². The van der Waals surface area contributed by atoms with Gasteiger partial charge < -0.3 is 9.47 Å². The highest BCUT2D eigenvalue weighted by Crippen LogP contribution is 2.38. The molecule has 0 N–H and O–H groups in total. The molecule has 2 aromatic carbocycles. The molecule has 5 nitrogen and oxygen atoms in total. The first-order chi connectivity index (χ1) is 13.5. The molecule has 0 aliphatic carbocycles. The second-order valence-electron chi connectivity index (χ2n) is 6.20. The first-order valence-corrected chi connectivity index (χ1v) is 8.86. The van der Waals surface area contributed by atoms with Crippen molar-refractivity contribution in [2.45, 2.75) is 6.92 Å². The molecule has 1 aliphatic rings. The number of halogens is 1. The first kappa shape index (κ1) is 17.9. The van der Waals surface area contributed by atoms with Crippen LogP contribution in [0.5, 0.6) is 11.5 Å². The number of pyridine rings is 1. The Bertz CT molecular complexity index is 1120. The number of carbonyl (C=O) groups excluding carboxylic acids is 2. The zero-order chi connectivity index (χ0) is 19.7. The van der Waals surface area contributed by atoms with Crippen LogP contribution in [0, 0.1) is 6.92 Å². The zero-order valence-corrected chi connectivity index (χ0v) is 15.6. The Kier molecular flexibility index (Phi) is 4.67. The molecule has 4 rings (SSSR count). The van der Waals surface area contributed by atoms with Gasteiger partial charge in [0, 0.05) is 23.5 Å². The number of aromatic nitrogens is 1. The van der Waals surface area contributed by atoms with E-state index in [0.29, 0.717) is 38.8 Å². The third kappa shape index (κ3) is 3.40. The van der Waals surface area contributed by atoms with Gasteiger partial charge in [0.2, 0.25) is 5.78 Å². The highest BCUT2D eigenvalue weighted by molar-refractivity contribution is 6.32. The minimum atomic E-state index is -0.516. The molecule has 6 heteroatoms. The fraction of sp³-hybridized carbons (Fsp3) is 0.0455. The van der Waals surface area contributed by atoms with E-state index in [4.69, 9.17) is 21.1 Å². The summed E-state index contributed by atoms with van der Waals surface area (Å²) < 4.78 is 11.2. The molecule has 0 saturated carbocycles. The predicted molar refractivity (Wildman–Crippen MR) is 105 cm³/mol. The van der Waals surface area contributed by atoms with Crippen LogP contribution in [0.3, 0.4) is 0 Å². The van der Waals surface area contributed by atoms with E-state index >= 15 is 0 Å². The van der Waals surface area contributed by atoms with Crippen LogP contribution in [0.1, 0.15) is 31.8 Å². The Labute approximate surface area is 166 Å². The van der Waals surface area contributed by atoms with Gasteiger partial charge in [0.1, 0.15) is 11.5 Å². The summed E-state index contributed by atoms with van der Waals surface area (Å²) in [6.07, 6.45) is 4.63. The number of benzene rings is 2. The monoisotopic (exact) mass is 391 g/mol. The maximum absolute atomic E-state index is 12.7. The van der Waals surface area contributed by atoms with E-state index in [1.165, 1.54) is 18.5 Å². The molecule has 2 heterocycles. The van der Waals surface area contributed by atoms with Crippen LogP contribution < -0.4 is 9.47 Å². The fourth-order valence-electron chi connectivity index (χ4n) is 2.92. The van der Waals surface area contributed by atoms with Crippen molar-refractivity contribution in [2.24, 2.45) is 0 Å². The smallest absolute Gasteiger partial charge is 0.343 e. The largest absolute Gasteiger partial charge is 0.452 e. The number of hydrogen-bond donors (Lipinski definition) is 0. The number of nitrogens with zero attached hydrogens (tertiary/aromatic N) is 1. The lowest BCUT2D eigenvalue weighted by Gasteiger charge is -2.07. The van der Waals surface area contributed by atoms with Crippen molar-refractivity contribution in [3.05, 3.63) is 94.0 Å². The average molecular weight is 392 g/mol. The molecule has 0 radical (unpaired) electrons. The summed E-state index contributed by atoms with van der Waals surface area (Å²) in [6.45, 7) is 1.77. The molecule has 0 atom stereocenters. The number of rotatable bonds is 3. The lowest BCUT2D eigenvalue weighted by atomic mass is 10.0. The Balaban J connectivity index is 1.63. The Hall–Kier alpha value is -3.44.